The third-order valence-electron chi connectivity index (χ3n) is 2.78. The van der Waals surface area contributed by atoms with E-state index in [0.29, 0.717) is 12.1 Å². The smallest absolute Gasteiger partial charge is 0.326 e. The Labute approximate surface area is 123 Å². The van der Waals surface area contributed by atoms with Crippen LogP contribution in [0.1, 0.15) is 12.5 Å². The van der Waals surface area contributed by atoms with Gasteiger partial charge in [0.05, 0.1) is 0 Å². The molecule has 0 spiro atoms. The topological polar surface area (TPSA) is 29.1 Å². The molecule has 2 nitrogen and oxygen atoms in total. The van der Waals surface area contributed by atoms with E-state index in [1.165, 1.54) is 0 Å². The fourth-order valence-electron chi connectivity index (χ4n) is 1.70. The summed E-state index contributed by atoms with van der Waals surface area (Å²) in [4.78, 5) is 10.7. The number of amides is 1. The van der Waals surface area contributed by atoms with Gasteiger partial charge in [0.1, 0.15) is 0 Å². The summed E-state index contributed by atoms with van der Waals surface area (Å²) in [5.74, 6) is -7.39. The Bertz CT molecular complexity index is 576. The number of hydrogen-bond acceptors (Lipinski definition) is 1. The standard InChI is InChI=1S/C12H8F9NO/c1-6(23)22-8-4-2-7(3-5-8)9(13,11(16,17)18)10(14,15)12(19,20)21/h2-5H,1H3,(H,22,23). The van der Waals surface area contributed by atoms with Gasteiger partial charge in [-0.1, -0.05) is 12.1 Å². The summed E-state index contributed by atoms with van der Waals surface area (Å²) in [5, 5.41) is 2.04. The highest BCUT2D eigenvalue weighted by Crippen LogP contribution is 2.58. The predicted octanol–water partition coefficient (Wildman–Crippen LogP) is 4.57. The summed E-state index contributed by atoms with van der Waals surface area (Å²) >= 11 is 0. The van der Waals surface area contributed by atoms with Crippen LogP contribution in [0.4, 0.5) is 45.2 Å². The molecule has 0 aliphatic heterocycles. The molecule has 1 aromatic rings. The minimum Gasteiger partial charge on any atom is -0.326 e. The lowest BCUT2D eigenvalue weighted by Crippen LogP contribution is -2.59. The van der Waals surface area contributed by atoms with Gasteiger partial charge < -0.3 is 5.32 Å². The second kappa shape index (κ2) is 5.60. The fraction of sp³-hybridized carbons (Fsp3) is 0.417. The molecular formula is C12H8F9NO. The van der Waals surface area contributed by atoms with Crippen molar-refractivity contribution < 1.29 is 44.3 Å². The summed E-state index contributed by atoms with van der Waals surface area (Å²) < 4.78 is 115. The minimum atomic E-state index is -6.77. The summed E-state index contributed by atoms with van der Waals surface area (Å²) in [6, 6.07) is 1.34. The van der Waals surface area contributed by atoms with Gasteiger partial charge in [0, 0.05) is 18.2 Å². The Morgan fingerprint density at radius 3 is 1.57 bits per heavy atom. The summed E-state index contributed by atoms with van der Waals surface area (Å²) in [5.41, 5.74) is -8.13. The van der Waals surface area contributed by atoms with E-state index < -0.39 is 35.4 Å². The van der Waals surface area contributed by atoms with Gasteiger partial charge in [0.15, 0.2) is 0 Å². The summed E-state index contributed by atoms with van der Waals surface area (Å²) in [6.07, 6.45) is -13.3. The van der Waals surface area contributed by atoms with E-state index in [1.54, 1.807) is 0 Å². The van der Waals surface area contributed by atoms with Gasteiger partial charge in [-0.15, -0.1) is 0 Å². The van der Waals surface area contributed by atoms with Gasteiger partial charge >= 0.3 is 23.9 Å². The van der Waals surface area contributed by atoms with Crippen molar-refractivity contribution >= 4 is 11.6 Å². The molecular weight excluding hydrogens is 345 g/mol. The van der Waals surface area contributed by atoms with Gasteiger partial charge in [0.2, 0.25) is 5.91 Å². The quantitative estimate of drug-likeness (QED) is 0.793. The van der Waals surface area contributed by atoms with Crippen LogP contribution in [0, 0.1) is 0 Å². The number of anilines is 1. The van der Waals surface area contributed by atoms with Crippen LogP contribution in [0.15, 0.2) is 24.3 Å². The first-order chi connectivity index (χ1) is 10.1. The van der Waals surface area contributed by atoms with Gasteiger partial charge in [0.25, 0.3) is 0 Å². The average Bonchev–Trinajstić information content (AvgIpc) is 2.35. The molecule has 1 rings (SSSR count). The molecule has 0 aromatic heterocycles. The molecule has 1 atom stereocenters. The van der Waals surface area contributed by atoms with Crippen molar-refractivity contribution in [2.45, 2.75) is 30.9 Å². The van der Waals surface area contributed by atoms with Crippen LogP contribution in [0.3, 0.4) is 0 Å². The van der Waals surface area contributed by atoms with Crippen LogP contribution in [-0.2, 0) is 10.5 Å². The van der Waals surface area contributed by atoms with E-state index in [-0.39, 0.29) is 17.8 Å². The van der Waals surface area contributed by atoms with E-state index >= 15 is 0 Å². The predicted molar refractivity (Wildman–Crippen MR) is 60.6 cm³/mol. The van der Waals surface area contributed by atoms with Crippen LogP contribution in [0.25, 0.3) is 0 Å². The first kappa shape index (κ1) is 19.1. The van der Waals surface area contributed by atoms with E-state index in [4.69, 9.17) is 0 Å². The molecule has 0 saturated heterocycles. The molecule has 130 valence electrons. The highest BCUT2D eigenvalue weighted by Gasteiger charge is 2.81. The molecule has 1 aromatic carbocycles. The van der Waals surface area contributed by atoms with E-state index in [1.807, 2.05) is 5.32 Å². The molecule has 1 amide bonds. The number of hydrogen-bond donors (Lipinski definition) is 1. The number of carbonyl (C=O) groups is 1. The van der Waals surface area contributed by atoms with Crippen molar-refractivity contribution in [3.63, 3.8) is 0 Å². The summed E-state index contributed by atoms with van der Waals surface area (Å²) in [6.45, 7) is 1.01. The Hall–Kier alpha value is -1.94. The molecule has 1 unspecified atom stereocenters. The van der Waals surface area contributed by atoms with Crippen molar-refractivity contribution in [3.8, 4) is 0 Å². The van der Waals surface area contributed by atoms with Gasteiger partial charge in [-0.3, -0.25) is 4.79 Å². The second-order valence-electron chi connectivity index (χ2n) is 4.49. The van der Waals surface area contributed by atoms with Crippen LogP contribution >= 0.6 is 0 Å². The van der Waals surface area contributed by atoms with Crippen LogP contribution in [-0.4, -0.2) is 24.2 Å². The average molecular weight is 353 g/mol. The molecule has 0 radical (unpaired) electrons. The molecule has 0 saturated carbocycles. The highest BCUT2D eigenvalue weighted by atomic mass is 19.4. The fourth-order valence-corrected chi connectivity index (χ4v) is 1.70. The van der Waals surface area contributed by atoms with Gasteiger partial charge in [-0.2, -0.15) is 35.1 Å². The Morgan fingerprint density at radius 1 is 0.826 bits per heavy atom. The van der Waals surface area contributed by atoms with Crippen LogP contribution < -0.4 is 5.32 Å². The number of nitrogens with one attached hydrogen (secondary N) is 1. The third kappa shape index (κ3) is 3.22. The number of rotatable bonds is 3. The van der Waals surface area contributed by atoms with Gasteiger partial charge in [-0.25, -0.2) is 4.39 Å². The third-order valence-corrected chi connectivity index (χ3v) is 2.78. The molecule has 0 bridgehead atoms. The van der Waals surface area contributed by atoms with E-state index in [2.05, 4.69) is 0 Å². The lowest BCUT2D eigenvalue weighted by molar-refractivity contribution is -0.389. The lowest BCUT2D eigenvalue weighted by atomic mass is 9.87. The van der Waals surface area contributed by atoms with Crippen molar-refractivity contribution in [1.82, 2.24) is 0 Å². The SMILES string of the molecule is CC(=O)Nc1ccc(C(F)(C(F)(F)F)C(F)(F)C(F)(F)F)cc1. The first-order valence-corrected chi connectivity index (χ1v) is 5.73. The number of benzene rings is 1. The molecule has 0 aliphatic carbocycles. The first-order valence-electron chi connectivity index (χ1n) is 5.73. The molecule has 23 heavy (non-hydrogen) atoms. The lowest BCUT2D eigenvalue weighted by Gasteiger charge is -2.36. The van der Waals surface area contributed by atoms with Crippen molar-refractivity contribution in [2.75, 3.05) is 5.32 Å². The van der Waals surface area contributed by atoms with Crippen molar-refractivity contribution in [3.05, 3.63) is 29.8 Å². The normalized spacial score (nSPS) is 15.9. The van der Waals surface area contributed by atoms with Crippen LogP contribution in [0.5, 0.6) is 0 Å². The zero-order valence-corrected chi connectivity index (χ0v) is 11.1. The molecule has 11 heteroatoms. The van der Waals surface area contributed by atoms with E-state index in [9.17, 15) is 44.3 Å². The monoisotopic (exact) mass is 353 g/mol. The molecule has 1 N–H and O–H groups in total. The maximum absolute atomic E-state index is 14.0. The van der Waals surface area contributed by atoms with Crippen molar-refractivity contribution in [2.24, 2.45) is 0 Å². The maximum atomic E-state index is 14.0. The maximum Gasteiger partial charge on any atom is 0.457 e. The van der Waals surface area contributed by atoms with E-state index in [0.717, 1.165) is 6.92 Å². The van der Waals surface area contributed by atoms with Crippen molar-refractivity contribution in [1.29, 1.82) is 0 Å². The van der Waals surface area contributed by atoms with Gasteiger partial charge in [-0.05, 0) is 12.1 Å². The molecule has 0 heterocycles. The second-order valence-corrected chi connectivity index (χ2v) is 4.49. The Morgan fingerprint density at radius 2 is 1.26 bits per heavy atom. The molecule has 0 aliphatic rings. The minimum absolute atomic E-state index is 0.0956. The zero-order valence-electron chi connectivity index (χ0n) is 11.1. The largest absolute Gasteiger partial charge is 0.457 e. The number of alkyl halides is 9. The van der Waals surface area contributed by atoms with Crippen LogP contribution in [0.2, 0.25) is 0 Å². The Balaban J connectivity index is 3.47. The Kier molecular flexibility index (Phi) is 4.66. The number of halogens is 9. The zero-order chi connectivity index (χ0) is 18.3. The number of carbonyl (C=O) groups excluding carboxylic acids is 1. The highest BCUT2D eigenvalue weighted by molar-refractivity contribution is 5.88. The molecule has 0 fully saturated rings. The summed E-state index contributed by atoms with van der Waals surface area (Å²) in [7, 11) is 0.